The molecule has 0 aliphatic heterocycles. The summed E-state index contributed by atoms with van der Waals surface area (Å²) in [6, 6.07) is 2.51. The average Bonchev–Trinajstić information content (AvgIpc) is 2.57. The summed E-state index contributed by atoms with van der Waals surface area (Å²) in [5.41, 5.74) is 0.716. The molecule has 1 unspecified atom stereocenters. The molecular weight excluding hydrogens is 146 g/mol. The van der Waals surface area contributed by atoms with Crippen molar-refractivity contribution in [2.45, 2.75) is 46.0 Å². The molecule has 2 bridgehead atoms. The fourth-order valence-corrected chi connectivity index (χ4v) is 3.30. The van der Waals surface area contributed by atoms with Gasteiger partial charge in [-0.2, -0.15) is 5.26 Å². The number of rotatable bonds is 2. The van der Waals surface area contributed by atoms with Crippen molar-refractivity contribution in [3.63, 3.8) is 0 Å². The Bertz CT molecular complexity index is 230. The van der Waals surface area contributed by atoms with E-state index in [0.29, 0.717) is 5.41 Å². The molecule has 0 aromatic rings. The van der Waals surface area contributed by atoms with Crippen molar-refractivity contribution < 1.29 is 0 Å². The summed E-state index contributed by atoms with van der Waals surface area (Å²) in [6.45, 7) is 4.62. The van der Waals surface area contributed by atoms with Gasteiger partial charge in [0.1, 0.15) is 0 Å². The van der Waals surface area contributed by atoms with Crippen LogP contribution in [0.4, 0.5) is 0 Å². The van der Waals surface area contributed by atoms with Crippen molar-refractivity contribution in [2.24, 2.45) is 16.7 Å². The lowest BCUT2D eigenvalue weighted by molar-refractivity contribution is 0.0321. The van der Waals surface area contributed by atoms with Crippen molar-refractivity contribution in [1.82, 2.24) is 0 Å². The molecule has 1 atom stereocenters. The summed E-state index contributed by atoms with van der Waals surface area (Å²) in [5, 5.41) is 8.98. The number of fused-ring (bicyclic) bond motifs is 1. The smallest absolute Gasteiger partial charge is 0.0690 e. The van der Waals surface area contributed by atoms with Gasteiger partial charge < -0.3 is 0 Å². The van der Waals surface area contributed by atoms with Crippen LogP contribution in [-0.4, -0.2) is 0 Å². The Morgan fingerprint density at radius 3 is 2.50 bits per heavy atom. The molecule has 1 heteroatoms. The Morgan fingerprint density at radius 1 is 1.42 bits per heavy atom. The Labute approximate surface area is 74.8 Å². The van der Waals surface area contributed by atoms with Crippen LogP contribution in [0.5, 0.6) is 0 Å². The minimum atomic E-state index is 0.128. The average molecular weight is 163 g/mol. The third-order valence-corrected chi connectivity index (χ3v) is 4.38. The molecule has 3 aliphatic carbocycles. The summed E-state index contributed by atoms with van der Waals surface area (Å²) < 4.78 is 0. The van der Waals surface area contributed by atoms with Gasteiger partial charge >= 0.3 is 0 Å². The van der Waals surface area contributed by atoms with Gasteiger partial charge in [-0.25, -0.2) is 0 Å². The maximum absolute atomic E-state index is 8.98. The molecule has 0 amide bonds. The second kappa shape index (κ2) is 2.25. The zero-order valence-electron chi connectivity index (χ0n) is 8.06. The first-order chi connectivity index (χ1) is 5.66. The molecule has 0 saturated heterocycles. The van der Waals surface area contributed by atoms with E-state index in [1.165, 1.54) is 32.1 Å². The van der Waals surface area contributed by atoms with Crippen LogP contribution in [0.15, 0.2) is 0 Å². The monoisotopic (exact) mass is 163 g/mol. The van der Waals surface area contributed by atoms with E-state index < -0.39 is 0 Å². The van der Waals surface area contributed by atoms with Crippen LogP contribution in [0.2, 0.25) is 0 Å². The standard InChI is InChI=1S/C11H17N/c1-3-9(2)11-5-4-10(6-11,7-11)8-12/h9H,3-7H2,1-2H3. The molecule has 0 radical (unpaired) electrons. The van der Waals surface area contributed by atoms with E-state index in [0.717, 1.165) is 5.92 Å². The highest BCUT2D eigenvalue weighted by Crippen LogP contribution is 2.69. The topological polar surface area (TPSA) is 23.8 Å². The van der Waals surface area contributed by atoms with Crippen LogP contribution in [0.25, 0.3) is 0 Å². The van der Waals surface area contributed by atoms with Crippen molar-refractivity contribution in [1.29, 1.82) is 5.26 Å². The normalized spacial score (nSPS) is 46.4. The van der Waals surface area contributed by atoms with Gasteiger partial charge in [0, 0.05) is 0 Å². The Balaban J connectivity index is 2.10. The molecule has 66 valence electrons. The number of nitrogens with zero attached hydrogens (tertiary/aromatic N) is 1. The molecule has 0 aromatic heterocycles. The summed E-state index contributed by atoms with van der Waals surface area (Å²) in [7, 11) is 0. The largest absolute Gasteiger partial charge is 0.198 e. The van der Waals surface area contributed by atoms with Crippen molar-refractivity contribution in [2.75, 3.05) is 0 Å². The second-order valence-electron chi connectivity index (χ2n) is 4.92. The molecule has 0 heterocycles. The van der Waals surface area contributed by atoms with E-state index in [2.05, 4.69) is 19.9 Å². The maximum Gasteiger partial charge on any atom is 0.0690 e. The summed E-state index contributed by atoms with van der Waals surface area (Å²) >= 11 is 0. The lowest BCUT2D eigenvalue weighted by atomic mass is 9.56. The molecule has 3 rings (SSSR count). The predicted octanol–water partition coefficient (Wildman–Crippen LogP) is 3.12. The van der Waals surface area contributed by atoms with Crippen LogP contribution >= 0.6 is 0 Å². The van der Waals surface area contributed by atoms with E-state index in [9.17, 15) is 0 Å². The maximum atomic E-state index is 8.98. The molecule has 12 heavy (non-hydrogen) atoms. The van der Waals surface area contributed by atoms with Gasteiger partial charge in [0.15, 0.2) is 0 Å². The highest BCUT2D eigenvalue weighted by atomic mass is 14.7. The lowest BCUT2D eigenvalue weighted by Crippen LogP contribution is -2.40. The van der Waals surface area contributed by atoms with Crippen LogP contribution in [0.3, 0.4) is 0 Å². The first-order valence-electron chi connectivity index (χ1n) is 5.08. The SMILES string of the molecule is CCC(C)C12CCC(C#N)(C1)C2. The van der Waals surface area contributed by atoms with Gasteiger partial charge in [0.05, 0.1) is 11.5 Å². The zero-order valence-corrected chi connectivity index (χ0v) is 8.06. The van der Waals surface area contributed by atoms with E-state index in [1.807, 2.05) is 0 Å². The molecular formula is C11H17N. The third-order valence-electron chi connectivity index (χ3n) is 4.38. The zero-order chi connectivity index (χ0) is 8.82. The van der Waals surface area contributed by atoms with Gasteiger partial charge in [0.25, 0.3) is 0 Å². The fraction of sp³-hybridized carbons (Fsp3) is 0.909. The number of hydrogen-bond acceptors (Lipinski definition) is 1. The highest BCUT2D eigenvalue weighted by Gasteiger charge is 2.62. The van der Waals surface area contributed by atoms with Crippen LogP contribution in [-0.2, 0) is 0 Å². The molecule has 3 saturated carbocycles. The number of hydrogen-bond donors (Lipinski definition) is 0. The van der Waals surface area contributed by atoms with Crippen molar-refractivity contribution in [3.8, 4) is 6.07 Å². The van der Waals surface area contributed by atoms with E-state index in [1.54, 1.807) is 0 Å². The van der Waals surface area contributed by atoms with Crippen LogP contribution in [0, 0.1) is 28.1 Å². The molecule has 0 aromatic carbocycles. The minimum Gasteiger partial charge on any atom is -0.198 e. The van der Waals surface area contributed by atoms with Crippen molar-refractivity contribution >= 4 is 0 Å². The van der Waals surface area contributed by atoms with Gasteiger partial charge in [-0.3, -0.25) is 0 Å². The van der Waals surface area contributed by atoms with Crippen LogP contribution in [0.1, 0.15) is 46.0 Å². The summed E-state index contributed by atoms with van der Waals surface area (Å²) in [6.07, 6.45) is 6.17. The Hall–Kier alpha value is -0.510. The lowest BCUT2D eigenvalue weighted by Gasteiger charge is -2.47. The van der Waals surface area contributed by atoms with Crippen molar-refractivity contribution in [3.05, 3.63) is 0 Å². The van der Waals surface area contributed by atoms with E-state index in [-0.39, 0.29) is 5.41 Å². The molecule has 3 aliphatic rings. The van der Waals surface area contributed by atoms with E-state index >= 15 is 0 Å². The third kappa shape index (κ3) is 0.787. The quantitative estimate of drug-likeness (QED) is 0.613. The van der Waals surface area contributed by atoms with E-state index in [4.69, 9.17) is 5.26 Å². The minimum absolute atomic E-state index is 0.128. The molecule has 0 N–H and O–H groups in total. The summed E-state index contributed by atoms with van der Waals surface area (Å²) in [4.78, 5) is 0. The Morgan fingerprint density at radius 2 is 2.08 bits per heavy atom. The number of nitriles is 1. The first-order valence-corrected chi connectivity index (χ1v) is 5.08. The first kappa shape index (κ1) is 8.10. The van der Waals surface area contributed by atoms with Gasteiger partial charge in [0.2, 0.25) is 0 Å². The summed E-state index contributed by atoms with van der Waals surface area (Å²) in [5.74, 6) is 0.835. The fourth-order valence-electron chi connectivity index (χ4n) is 3.30. The van der Waals surface area contributed by atoms with Crippen LogP contribution < -0.4 is 0 Å². The molecule has 0 spiro atoms. The molecule has 1 nitrogen and oxygen atoms in total. The van der Waals surface area contributed by atoms with Gasteiger partial charge in [-0.05, 0) is 37.0 Å². The predicted molar refractivity (Wildman–Crippen MR) is 48.4 cm³/mol. The second-order valence-corrected chi connectivity index (χ2v) is 4.92. The van der Waals surface area contributed by atoms with Gasteiger partial charge in [-0.15, -0.1) is 0 Å². The molecule has 3 fully saturated rings. The Kier molecular flexibility index (Phi) is 1.52. The van der Waals surface area contributed by atoms with Gasteiger partial charge in [-0.1, -0.05) is 20.3 Å². The highest BCUT2D eigenvalue weighted by molar-refractivity contribution is 5.20.